The van der Waals surface area contributed by atoms with Gasteiger partial charge < -0.3 is 5.73 Å². The average Bonchev–Trinajstić information content (AvgIpc) is 3.07. The minimum absolute atomic E-state index is 0.127. The Bertz CT molecular complexity index is 583. The van der Waals surface area contributed by atoms with Gasteiger partial charge in [-0.3, -0.25) is 0 Å². The SMILES string of the molecule is CC.CC(C)CCCC(C)C1CCC2C3CC[C@@]4(N)CC(C)CC[C@@]4(C)C3CCC12C. The molecule has 4 aliphatic rings. The van der Waals surface area contributed by atoms with Gasteiger partial charge in [-0.15, -0.1) is 0 Å². The van der Waals surface area contributed by atoms with Crippen molar-refractivity contribution in [2.45, 2.75) is 138 Å². The largest absolute Gasteiger partial charge is 0.325 e. The van der Waals surface area contributed by atoms with Gasteiger partial charge in [-0.25, -0.2) is 0 Å². The van der Waals surface area contributed by atoms with Crippen molar-refractivity contribution >= 4 is 0 Å². The fraction of sp³-hybridized carbons (Fsp3) is 1.00. The molecule has 0 saturated heterocycles. The van der Waals surface area contributed by atoms with Crippen LogP contribution in [0.3, 0.4) is 0 Å². The molecule has 4 fully saturated rings. The van der Waals surface area contributed by atoms with Crippen molar-refractivity contribution < 1.29 is 0 Å². The smallest absolute Gasteiger partial charge is 0.0214 e. The van der Waals surface area contributed by atoms with Gasteiger partial charge in [0.05, 0.1) is 0 Å². The summed E-state index contributed by atoms with van der Waals surface area (Å²) in [4.78, 5) is 0. The Labute approximate surface area is 196 Å². The van der Waals surface area contributed by atoms with E-state index in [1.165, 1.54) is 77.0 Å². The van der Waals surface area contributed by atoms with Crippen LogP contribution in [-0.2, 0) is 0 Å². The Morgan fingerprint density at radius 3 is 2.23 bits per heavy atom. The molecule has 4 rings (SSSR count). The molecule has 4 saturated carbocycles. The first-order valence-electron chi connectivity index (χ1n) is 14.4. The minimum Gasteiger partial charge on any atom is -0.325 e. The van der Waals surface area contributed by atoms with Crippen LogP contribution in [0.1, 0.15) is 132 Å². The molecule has 2 N–H and O–H groups in total. The molecule has 1 nitrogen and oxygen atoms in total. The van der Waals surface area contributed by atoms with E-state index in [0.717, 1.165) is 41.4 Å². The van der Waals surface area contributed by atoms with Crippen LogP contribution >= 0.6 is 0 Å². The Hall–Kier alpha value is -0.0400. The average molecular weight is 432 g/mol. The summed E-state index contributed by atoms with van der Waals surface area (Å²) in [6.45, 7) is 19.2. The van der Waals surface area contributed by atoms with Crippen LogP contribution < -0.4 is 5.73 Å². The molecule has 0 spiro atoms. The second-order valence-corrected chi connectivity index (χ2v) is 13.4. The van der Waals surface area contributed by atoms with Gasteiger partial charge in [0.25, 0.3) is 0 Å². The lowest BCUT2D eigenvalue weighted by Crippen LogP contribution is -2.66. The molecule has 9 atom stereocenters. The number of hydrogen-bond acceptors (Lipinski definition) is 1. The first-order chi connectivity index (χ1) is 14.6. The predicted molar refractivity (Wildman–Crippen MR) is 137 cm³/mol. The van der Waals surface area contributed by atoms with Gasteiger partial charge in [-0.2, -0.15) is 0 Å². The lowest BCUT2D eigenvalue weighted by atomic mass is 9.42. The van der Waals surface area contributed by atoms with Crippen molar-refractivity contribution in [3.63, 3.8) is 0 Å². The predicted octanol–water partition coefficient (Wildman–Crippen LogP) is 8.85. The number of hydrogen-bond donors (Lipinski definition) is 1. The third-order valence-electron chi connectivity index (χ3n) is 11.4. The zero-order valence-electron chi connectivity index (χ0n) is 22.6. The normalized spacial score (nSPS) is 47.6. The maximum atomic E-state index is 7.22. The summed E-state index contributed by atoms with van der Waals surface area (Å²) in [6.07, 6.45) is 17.1. The van der Waals surface area contributed by atoms with Crippen LogP contribution in [0.2, 0.25) is 0 Å². The molecule has 0 amide bonds. The first-order valence-corrected chi connectivity index (χ1v) is 14.4. The summed E-state index contributed by atoms with van der Waals surface area (Å²) in [5.41, 5.74) is 8.37. The topological polar surface area (TPSA) is 26.0 Å². The summed E-state index contributed by atoms with van der Waals surface area (Å²) in [5, 5.41) is 0. The van der Waals surface area contributed by atoms with E-state index >= 15 is 0 Å². The maximum absolute atomic E-state index is 7.22. The summed E-state index contributed by atoms with van der Waals surface area (Å²) in [7, 11) is 0. The minimum atomic E-state index is 0.127. The van der Waals surface area contributed by atoms with E-state index in [1.807, 2.05) is 13.8 Å². The highest BCUT2D eigenvalue weighted by Crippen LogP contribution is 2.69. The highest BCUT2D eigenvalue weighted by molar-refractivity contribution is 5.15. The third kappa shape index (κ3) is 4.40. The lowest BCUT2D eigenvalue weighted by molar-refractivity contribution is -0.131. The van der Waals surface area contributed by atoms with Crippen LogP contribution in [0.5, 0.6) is 0 Å². The van der Waals surface area contributed by atoms with E-state index in [-0.39, 0.29) is 5.54 Å². The summed E-state index contributed by atoms with van der Waals surface area (Å²) < 4.78 is 0. The van der Waals surface area contributed by atoms with Crippen molar-refractivity contribution in [3.05, 3.63) is 0 Å². The van der Waals surface area contributed by atoms with Gasteiger partial charge in [0, 0.05) is 5.54 Å². The van der Waals surface area contributed by atoms with E-state index in [2.05, 4.69) is 41.5 Å². The van der Waals surface area contributed by atoms with E-state index in [9.17, 15) is 0 Å². The van der Waals surface area contributed by atoms with E-state index in [0.29, 0.717) is 10.8 Å². The van der Waals surface area contributed by atoms with Crippen LogP contribution in [-0.4, -0.2) is 5.54 Å². The molecule has 4 aliphatic carbocycles. The van der Waals surface area contributed by atoms with E-state index < -0.39 is 0 Å². The molecule has 0 bridgehead atoms. The van der Waals surface area contributed by atoms with Gasteiger partial charge >= 0.3 is 0 Å². The second kappa shape index (κ2) is 9.68. The lowest BCUT2D eigenvalue weighted by Gasteiger charge is -2.65. The first kappa shape index (κ1) is 25.6. The van der Waals surface area contributed by atoms with Crippen molar-refractivity contribution in [2.75, 3.05) is 0 Å². The highest BCUT2D eigenvalue weighted by atomic mass is 14.8. The Balaban J connectivity index is 0.00000132. The fourth-order valence-corrected chi connectivity index (χ4v) is 9.62. The van der Waals surface area contributed by atoms with Crippen LogP contribution in [0.4, 0.5) is 0 Å². The van der Waals surface area contributed by atoms with Gasteiger partial charge in [0.1, 0.15) is 0 Å². The van der Waals surface area contributed by atoms with E-state index in [1.54, 1.807) is 0 Å². The van der Waals surface area contributed by atoms with Crippen molar-refractivity contribution in [2.24, 2.45) is 58.0 Å². The quantitative estimate of drug-likeness (QED) is 0.462. The molecular weight excluding hydrogens is 374 g/mol. The number of nitrogens with two attached hydrogens (primary N) is 1. The molecule has 0 aromatic rings. The maximum Gasteiger partial charge on any atom is 0.0214 e. The number of fused-ring (bicyclic) bond motifs is 5. The highest BCUT2D eigenvalue weighted by Gasteiger charge is 2.63. The molecule has 0 aromatic carbocycles. The zero-order chi connectivity index (χ0) is 23.0. The molecule has 31 heavy (non-hydrogen) atoms. The summed E-state index contributed by atoms with van der Waals surface area (Å²) >= 11 is 0. The molecule has 1 heteroatoms. The Kier molecular flexibility index (Phi) is 7.98. The molecule has 0 radical (unpaired) electrons. The molecular formula is C30H57N. The van der Waals surface area contributed by atoms with Crippen molar-refractivity contribution in [3.8, 4) is 0 Å². The van der Waals surface area contributed by atoms with Gasteiger partial charge in [-0.1, -0.05) is 81.1 Å². The Morgan fingerprint density at radius 1 is 0.839 bits per heavy atom. The van der Waals surface area contributed by atoms with Crippen molar-refractivity contribution in [1.82, 2.24) is 0 Å². The zero-order valence-corrected chi connectivity index (χ0v) is 22.6. The molecule has 0 aliphatic heterocycles. The standard InChI is InChI=1S/C28H51N.C2H6/c1-19(2)8-7-9-21(4)23-10-11-24-22-13-17-28(29)18-20(3)12-16-27(28,6)25(22)14-15-26(23,24)5;1-2/h19-25H,7-18,29H2,1-6H3;1-2H3/t20?,21?,22?,23?,24?,25?,26?,27-,28+;/m0./s1. The monoisotopic (exact) mass is 431 g/mol. The number of rotatable bonds is 5. The Morgan fingerprint density at radius 2 is 1.55 bits per heavy atom. The molecule has 182 valence electrons. The molecule has 0 aromatic heterocycles. The molecule has 0 heterocycles. The van der Waals surface area contributed by atoms with Gasteiger partial charge in [0.2, 0.25) is 0 Å². The van der Waals surface area contributed by atoms with Crippen LogP contribution in [0, 0.1) is 52.3 Å². The van der Waals surface area contributed by atoms with Gasteiger partial charge in [-0.05, 0) is 104 Å². The summed E-state index contributed by atoms with van der Waals surface area (Å²) in [5.74, 6) is 6.45. The fourth-order valence-electron chi connectivity index (χ4n) is 9.62. The van der Waals surface area contributed by atoms with E-state index in [4.69, 9.17) is 5.73 Å². The van der Waals surface area contributed by atoms with Crippen LogP contribution in [0.25, 0.3) is 0 Å². The van der Waals surface area contributed by atoms with Gasteiger partial charge in [0.15, 0.2) is 0 Å². The third-order valence-corrected chi connectivity index (χ3v) is 11.4. The second-order valence-electron chi connectivity index (χ2n) is 13.4. The molecule has 7 unspecified atom stereocenters. The van der Waals surface area contributed by atoms with Crippen molar-refractivity contribution in [1.29, 1.82) is 0 Å². The summed E-state index contributed by atoms with van der Waals surface area (Å²) in [6, 6.07) is 0. The van der Waals surface area contributed by atoms with Crippen LogP contribution in [0.15, 0.2) is 0 Å².